The fourth-order valence-corrected chi connectivity index (χ4v) is 1.75. The molecule has 2 aromatic rings. The minimum atomic E-state index is 0.951. The molecule has 0 unspecified atom stereocenters. The van der Waals surface area contributed by atoms with Crippen LogP contribution in [0.4, 0.5) is 5.69 Å². The van der Waals surface area contributed by atoms with Crippen LogP contribution in [-0.4, -0.2) is 6.21 Å². The summed E-state index contributed by atoms with van der Waals surface area (Å²) in [4.78, 5) is 4.35. The van der Waals surface area contributed by atoms with Gasteiger partial charge in [0.15, 0.2) is 0 Å². The molecule has 0 aliphatic carbocycles. The van der Waals surface area contributed by atoms with Crippen LogP contribution < -0.4 is 0 Å². The molecule has 2 rings (SSSR count). The minimum Gasteiger partial charge on any atom is -0.257 e. The van der Waals surface area contributed by atoms with Gasteiger partial charge in [-0.15, -0.1) is 0 Å². The van der Waals surface area contributed by atoms with E-state index in [1.807, 2.05) is 42.6 Å². The molecule has 2 heteroatoms. The Kier molecular flexibility index (Phi) is 4.48. The number of hydrogen-bond donors (Lipinski definition) is 0. The van der Waals surface area contributed by atoms with Gasteiger partial charge in [0.05, 0.1) is 5.69 Å². The largest absolute Gasteiger partial charge is 0.257 e. The SMILES string of the molecule is Cc1ccc(/C=C/C=Nc2ccc(Br)cc2)cc1. The fourth-order valence-electron chi connectivity index (χ4n) is 1.49. The highest BCUT2D eigenvalue weighted by Crippen LogP contribution is 2.16. The van der Waals surface area contributed by atoms with Gasteiger partial charge >= 0.3 is 0 Å². The topological polar surface area (TPSA) is 12.4 Å². The highest BCUT2D eigenvalue weighted by atomic mass is 79.9. The van der Waals surface area contributed by atoms with Gasteiger partial charge in [-0.3, -0.25) is 4.99 Å². The van der Waals surface area contributed by atoms with E-state index in [2.05, 4.69) is 52.1 Å². The van der Waals surface area contributed by atoms with Gasteiger partial charge in [-0.1, -0.05) is 51.8 Å². The zero-order chi connectivity index (χ0) is 12.8. The van der Waals surface area contributed by atoms with Gasteiger partial charge in [-0.05, 0) is 42.8 Å². The van der Waals surface area contributed by atoms with E-state index < -0.39 is 0 Å². The Bertz CT molecular complexity index is 497. The molecule has 0 aliphatic heterocycles. The van der Waals surface area contributed by atoms with Crippen LogP contribution in [0.2, 0.25) is 0 Å². The first-order chi connectivity index (χ1) is 8.74. The Hall–Kier alpha value is -1.67. The summed E-state index contributed by atoms with van der Waals surface area (Å²) in [6.45, 7) is 2.09. The van der Waals surface area contributed by atoms with E-state index in [-0.39, 0.29) is 0 Å². The van der Waals surface area contributed by atoms with Crippen molar-refractivity contribution in [3.63, 3.8) is 0 Å². The summed E-state index contributed by atoms with van der Waals surface area (Å²) < 4.78 is 1.07. The molecule has 1 nitrogen and oxygen atoms in total. The number of halogens is 1. The van der Waals surface area contributed by atoms with Crippen LogP contribution in [0.15, 0.2) is 64.1 Å². The molecule has 0 spiro atoms. The van der Waals surface area contributed by atoms with Crippen LogP contribution in [0.25, 0.3) is 6.08 Å². The molecule has 0 aliphatic rings. The van der Waals surface area contributed by atoms with Gasteiger partial charge < -0.3 is 0 Å². The highest BCUT2D eigenvalue weighted by Gasteiger charge is 1.87. The lowest BCUT2D eigenvalue weighted by Gasteiger charge is -1.93. The summed E-state index contributed by atoms with van der Waals surface area (Å²) in [6, 6.07) is 16.3. The van der Waals surface area contributed by atoms with E-state index in [9.17, 15) is 0 Å². The van der Waals surface area contributed by atoms with Crippen molar-refractivity contribution in [1.29, 1.82) is 0 Å². The van der Waals surface area contributed by atoms with Gasteiger partial charge in [0.1, 0.15) is 0 Å². The molecule has 0 N–H and O–H groups in total. The summed E-state index contributed by atoms with van der Waals surface area (Å²) in [5, 5.41) is 0. The number of nitrogens with zero attached hydrogens (tertiary/aromatic N) is 1. The molecule has 0 atom stereocenters. The normalized spacial score (nSPS) is 11.4. The molecule has 0 heterocycles. The van der Waals surface area contributed by atoms with Crippen LogP contribution in [0, 0.1) is 6.92 Å². The Labute approximate surface area is 116 Å². The van der Waals surface area contributed by atoms with Crippen molar-refractivity contribution in [3.8, 4) is 0 Å². The Morgan fingerprint density at radius 2 is 1.61 bits per heavy atom. The van der Waals surface area contributed by atoms with Crippen molar-refractivity contribution in [2.45, 2.75) is 6.92 Å². The molecular weight excluding hydrogens is 286 g/mol. The summed E-state index contributed by atoms with van der Waals surface area (Å²) >= 11 is 3.40. The molecule has 0 bridgehead atoms. The van der Waals surface area contributed by atoms with E-state index in [1.165, 1.54) is 11.1 Å². The number of aryl methyl sites for hydroxylation is 1. The molecule has 0 saturated heterocycles. The third kappa shape index (κ3) is 3.97. The predicted molar refractivity (Wildman–Crippen MR) is 82.5 cm³/mol. The van der Waals surface area contributed by atoms with E-state index in [0.29, 0.717) is 0 Å². The van der Waals surface area contributed by atoms with Crippen molar-refractivity contribution in [1.82, 2.24) is 0 Å². The van der Waals surface area contributed by atoms with E-state index in [0.717, 1.165) is 10.2 Å². The average molecular weight is 300 g/mol. The number of hydrogen-bond acceptors (Lipinski definition) is 1. The van der Waals surface area contributed by atoms with Crippen molar-refractivity contribution in [2.75, 3.05) is 0 Å². The van der Waals surface area contributed by atoms with Crippen LogP contribution in [-0.2, 0) is 0 Å². The summed E-state index contributed by atoms with van der Waals surface area (Å²) in [7, 11) is 0. The third-order valence-electron chi connectivity index (χ3n) is 2.50. The second-order valence-electron chi connectivity index (χ2n) is 4.02. The molecule has 90 valence electrons. The highest BCUT2D eigenvalue weighted by molar-refractivity contribution is 9.10. The standard InChI is InChI=1S/C16H14BrN/c1-13-4-6-14(7-5-13)3-2-12-18-16-10-8-15(17)9-11-16/h2-12H,1H3/b3-2+,18-12?. The Morgan fingerprint density at radius 1 is 0.944 bits per heavy atom. The second kappa shape index (κ2) is 6.31. The van der Waals surface area contributed by atoms with Crippen LogP contribution >= 0.6 is 15.9 Å². The maximum absolute atomic E-state index is 4.35. The first-order valence-corrected chi connectivity index (χ1v) is 6.56. The van der Waals surface area contributed by atoms with Crippen molar-refractivity contribution >= 4 is 33.9 Å². The maximum atomic E-state index is 4.35. The Morgan fingerprint density at radius 3 is 2.28 bits per heavy atom. The van der Waals surface area contributed by atoms with E-state index >= 15 is 0 Å². The molecule has 0 aromatic heterocycles. The molecule has 18 heavy (non-hydrogen) atoms. The lowest BCUT2D eigenvalue weighted by atomic mass is 10.1. The first kappa shape index (κ1) is 12.8. The molecular formula is C16H14BrN. The number of allylic oxidation sites excluding steroid dienone is 1. The van der Waals surface area contributed by atoms with Crippen LogP contribution in [0.5, 0.6) is 0 Å². The number of aliphatic imine (C=N–C) groups is 1. The Balaban J connectivity index is 1.98. The fraction of sp³-hybridized carbons (Fsp3) is 0.0625. The summed E-state index contributed by atoms with van der Waals surface area (Å²) in [5.41, 5.74) is 3.41. The monoisotopic (exact) mass is 299 g/mol. The van der Waals surface area contributed by atoms with Crippen molar-refractivity contribution in [3.05, 3.63) is 70.2 Å². The summed E-state index contributed by atoms with van der Waals surface area (Å²) in [5.74, 6) is 0. The molecule has 0 radical (unpaired) electrons. The smallest absolute Gasteiger partial charge is 0.0630 e. The lowest BCUT2D eigenvalue weighted by molar-refractivity contribution is 1.46. The molecule has 0 amide bonds. The van der Waals surface area contributed by atoms with E-state index in [4.69, 9.17) is 0 Å². The average Bonchev–Trinajstić information content (AvgIpc) is 2.39. The van der Waals surface area contributed by atoms with E-state index in [1.54, 1.807) is 0 Å². The second-order valence-corrected chi connectivity index (χ2v) is 4.94. The van der Waals surface area contributed by atoms with Gasteiger partial charge in [0, 0.05) is 10.7 Å². The third-order valence-corrected chi connectivity index (χ3v) is 3.03. The molecule has 0 saturated carbocycles. The number of benzene rings is 2. The first-order valence-electron chi connectivity index (χ1n) is 5.77. The van der Waals surface area contributed by atoms with Gasteiger partial charge in [-0.2, -0.15) is 0 Å². The van der Waals surface area contributed by atoms with Crippen LogP contribution in [0.3, 0.4) is 0 Å². The number of rotatable bonds is 3. The lowest BCUT2D eigenvalue weighted by Crippen LogP contribution is -1.73. The van der Waals surface area contributed by atoms with Crippen molar-refractivity contribution in [2.24, 2.45) is 4.99 Å². The summed E-state index contributed by atoms with van der Waals surface area (Å²) in [6.07, 6.45) is 5.80. The zero-order valence-corrected chi connectivity index (χ0v) is 11.8. The zero-order valence-electron chi connectivity index (χ0n) is 10.2. The van der Waals surface area contributed by atoms with Gasteiger partial charge in [0.25, 0.3) is 0 Å². The van der Waals surface area contributed by atoms with Crippen LogP contribution in [0.1, 0.15) is 11.1 Å². The quantitative estimate of drug-likeness (QED) is 0.693. The van der Waals surface area contributed by atoms with Gasteiger partial charge in [0.2, 0.25) is 0 Å². The minimum absolute atomic E-state index is 0.951. The van der Waals surface area contributed by atoms with Crippen molar-refractivity contribution < 1.29 is 0 Å². The molecule has 0 fully saturated rings. The maximum Gasteiger partial charge on any atom is 0.0630 e. The predicted octanol–water partition coefficient (Wildman–Crippen LogP) is 5.17. The van der Waals surface area contributed by atoms with Gasteiger partial charge in [-0.25, -0.2) is 0 Å². The molecule has 2 aromatic carbocycles.